The highest BCUT2D eigenvalue weighted by molar-refractivity contribution is 4.81. The molecule has 18 heavy (non-hydrogen) atoms. The van der Waals surface area contributed by atoms with Crippen molar-refractivity contribution in [3.8, 4) is 0 Å². The van der Waals surface area contributed by atoms with E-state index in [-0.39, 0.29) is 0 Å². The maximum atomic E-state index is 12.2. The van der Waals surface area contributed by atoms with Gasteiger partial charge in [-0.1, -0.05) is 20.3 Å². The van der Waals surface area contributed by atoms with Crippen LogP contribution in [0.3, 0.4) is 0 Å². The molecular formula is C13H25F3N2. The molecule has 2 nitrogen and oxygen atoms in total. The summed E-state index contributed by atoms with van der Waals surface area (Å²) in [5, 5.41) is 3.54. The Morgan fingerprint density at radius 3 is 2.22 bits per heavy atom. The minimum absolute atomic E-state index is 0.374. The lowest BCUT2D eigenvalue weighted by Gasteiger charge is -2.35. The number of piperidine rings is 1. The van der Waals surface area contributed by atoms with Crippen molar-refractivity contribution in [2.45, 2.75) is 58.3 Å². The van der Waals surface area contributed by atoms with Gasteiger partial charge in [0.25, 0.3) is 0 Å². The minimum atomic E-state index is -4.07. The average molecular weight is 266 g/mol. The third-order valence-corrected chi connectivity index (χ3v) is 3.99. The minimum Gasteiger partial charge on any atom is -0.311 e. The Morgan fingerprint density at radius 1 is 1.22 bits per heavy atom. The van der Waals surface area contributed by atoms with E-state index >= 15 is 0 Å². The molecule has 2 atom stereocenters. The van der Waals surface area contributed by atoms with E-state index in [1.165, 1.54) is 4.90 Å². The van der Waals surface area contributed by atoms with E-state index < -0.39 is 12.7 Å². The Balaban J connectivity index is 2.27. The molecule has 1 heterocycles. The number of hydrogen-bond acceptors (Lipinski definition) is 2. The summed E-state index contributed by atoms with van der Waals surface area (Å²) in [7, 11) is 0. The number of nitrogens with zero attached hydrogens (tertiary/aromatic N) is 1. The van der Waals surface area contributed by atoms with Crippen molar-refractivity contribution >= 4 is 0 Å². The number of rotatable bonds is 5. The van der Waals surface area contributed by atoms with Gasteiger partial charge in [0.05, 0.1) is 6.54 Å². The van der Waals surface area contributed by atoms with E-state index in [0.717, 1.165) is 19.3 Å². The second kappa shape index (κ2) is 6.75. The van der Waals surface area contributed by atoms with Gasteiger partial charge < -0.3 is 5.32 Å². The predicted octanol–water partition coefficient (Wildman–Crippen LogP) is 3.04. The van der Waals surface area contributed by atoms with Crippen LogP contribution in [0.25, 0.3) is 0 Å². The third-order valence-electron chi connectivity index (χ3n) is 3.99. The lowest BCUT2D eigenvalue weighted by atomic mass is 9.97. The fourth-order valence-corrected chi connectivity index (χ4v) is 2.40. The van der Waals surface area contributed by atoms with E-state index in [9.17, 15) is 13.2 Å². The van der Waals surface area contributed by atoms with Gasteiger partial charge in [0.15, 0.2) is 0 Å². The molecule has 0 aliphatic carbocycles. The van der Waals surface area contributed by atoms with Gasteiger partial charge in [0.2, 0.25) is 0 Å². The van der Waals surface area contributed by atoms with E-state index in [1.807, 2.05) is 0 Å². The summed E-state index contributed by atoms with van der Waals surface area (Å²) in [6.45, 7) is 6.86. The summed E-state index contributed by atoms with van der Waals surface area (Å²) in [5.74, 6) is 0.609. The average Bonchev–Trinajstić information content (AvgIpc) is 2.28. The van der Waals surface area contributed by atoms with Gasteiger partial charge in [-0.15, -0.1) is 0 Å². The van der Waals surface area contributed by atoms with Crippen molar-refractivity contribution in [3.63, 3.8) is 0 Å². The zero-order valence-electron chi connectivity index (χ0n) is 11.6. The van der Waals surface area contributed by atoms with Crippen molar-refractivity contribution in [2.75, 3.05) is 19.6 Å². The van der Waals surface area contributed by atoms with Crippen LogP contribution >= 0.6 is 0 Å². The summed E-state index contributed by atoms with van der Waals surface area (Å²) in [6.07, 6.45) is -1.31. The van der Waals surface area contributed by atoms with Gasteiger partial charge in [0, 0.05) is 12.1 Å². The summed E-state index contributed by atoms with van der Waals surface area (Å²) in [4.78, 5) is 1.51. The number of likely N-dealkylation sites (tertiary alicyclic amines) is 1. The van der Waals surface area contributed by atoms with Crippen LogP contribution in [0.15, 0.2) is 0 Å². The molecule has 2 unspecified atom stereocenters. The molecule has 1 aliphatic rings. The Bertz CT molecular complexity index is 235. The van der Waals surface area contributed by atoms with Crippen molar-refractivity contribution in [3.05, 3.63) is 0 Å². The van der Waals surface area contributed by atoms with Gasteiger partial charge in [-0.2, -0.15) is 13.2 Å². The van der Waals surface area contributed by atoms with Crippen LogP contribution < -0.4 is 5.32 Å². The van der Waals surface area contributed by atoms with Gasteiger partial charge in [0.1, 0.15) is 0 Å². The first-order valence-electron chi connectivity index (χ1n) is 6.87. The molecule has 1 saturated heterocycles. The van der Waals surface area contributed by atoms with E-state index in [2.05, 4.69) is 26.1 Å². The van der Waals surface area contributed by atoms with Crippen LogP contribution in [-0.2, 0) is 0 Å². The normalized spacial score (nSPS) is 23.0. The number of nitrogens with one attached hydrogen (secondary N) is 1. The first-order chi connectivity index (χ1) is 8.31. The summed E-state index contributed by atoms with van der Waals surface area (Å²) < 4.78 is 36.7. The third kappa shape index (κ3) is 5.57. The lowest BCUT2D eigenvalue weighted by Crippen LogP contribution is -2.48. The molecule has 0 saturated carbocycles. The first kappa shape index (κ1) is 15.8. The first-order valence-corrected chi connectivity index (χ1v) is 6.87. The molecule has 1 aliphatic heterocycles. The van der Waals surface area contributed by atoms with Crippen molar-refractivity contribution in [1.29, 1.82) is 0 Å². The Kier molecular flexibility index (Phi) is 5.92. The fourth-order valence-electron chi connectivity index (χ4n) is 2.40. The zero-order chi connectivity index (χ0) is 13.8. The SMILES string of the molecule is CCC(C)C(C)NC1CCN(CC(F)(F)F)CC1. The number of alkyl halides is 3. The maximum Gasteiger partial charge on any atom is 0.401 e. The highest BCUT2D eigenvalue weighted by Crippen LogP contribution is 2.20. The molecule has 0 aromatic carbocycles. The van der Waals surface area contributed by atoms with Crippen molar-refractivity contribution in [1.82, 2.24) is 10.2 Å². The van der Waals surface area contributed by atoms with Gasteiger partial charge in [-0.25, -0.2) is 0 Å². The molecular weight excluding hydrogens is 241 g/mol. The molecule has 108 valence electrons. The van der Waals surface area contributed by atoms with Crippen LogP contribution in [0.1, 0.15) is 40.0 Å². The van der Waals surface area contributed by atoms with Crippen LogP contribution in [0, 0.1) is 5.92 Å². The number of hydrogen-bond donors (Lipinski definition) is 1. The molecule has 1 N–H and O–H groups in total. The Hall–Kier alpha value is -0.290. The van der Waals surface area contributed by atoms with Crippen LogP contribution in [0.2, 0.25) is 0 Å². The number of halogens is 3. The van der Waals surface area contributed by atoms with Gasteiger partial charge in [-0.3, -0.25) is 4.90 Å². The smallest absolute Gasteiger partial charge is 0.311 e. The highest BCUT2D eigenvalue weighted by atomic mass is 19.4. The molecule has 1 fully saturated rings. The predicted molar refractivity (Wildman–Crippen MR) is 67.6 cm³/mol. The van der Waals surface area contributed by atoms with Crippen LogP contribution in [-0.4, -0.2) is 42.8 Å². The maximum absolute atomic E-state index is 12.2. The molecule has 5 heteroatoms. The molecule has 0 radical (unpaired) electrons. The highest BCUT2D eigenvalue weighted by Gasteiger charge is 2.32. The molecule has 0 spiro atoms. The Labute approximate surface area is 108 Å². The molecule has 0 amide bonds. The largest absolute Gasteiger partial charge is 0.401 e. The standard InChI is InChI=1S/C13H25F3N2/c1-4-10(2)11(3)17-12-5-7-18(8-6-12)9-13(14,15)16/h10-12,17H,4-9H2,1-3H3. The van der Waals surface area contributed by atoms with E-state index in [0.29, 0.717) is 31.1 Å². The second-order valence-corrected chi connectivity index (χ2v) is 5.51. The summed E-state index contributed by atoms with van der Waals surface area (Å²) in [6, 6.07) is 0.813. The zero-order valence-corrected chi connectivity index (χ0v) is 11.6. The molecule has 0 bridgehead atoms. The van der Waals surface area contributed by atoms with Gasteiger partial charge >= 0.3 is 6.18 Å². The molecule has 0 aromatic heterocycles. The molecule has 0 aromatic rings. The molecule has 1 rings (SSSR count). The fraction of sp³-hybridized carbons (Fsp3) is 1.00. The quantitative estimate of drug-likeness (QED) is 0.823. The van der Waals surface area contributed by atoms with Crippen molar-refractivity contribution in [2.24, 2.45) is 5.92 Å². The second-order valence-electron chi connectivity index (χ2n) is 5.51. The Morgan fingerprint density at radius 2 is 1.78 bits per heavy atom. The van der Waals surface area contributed by atoms with E-state index in [1.54, 1.807) is 0 Å². The lowest BCUT2D eigenvalue weighted by molar-refractivity contribution is -0.148. The van der Waals surface area contributed by atoms with Gasteiger partial charge in [-0.05, 0) is 38.8 Å². The monoisotopic (exact) mass is 266 g/mol. The van der Waals surface area contributed by atoms with Crippen LogP contribution in [0.4, 0.5) is 13.2 Å². The summed E-state index contributed by atoms with van der Waals surface area (Å²) >= 11 is 0. The van der Waals surface area contributed by atoms with Crippen molar-refractivity contribution < 1.29 is 13.2 Å². The topological polar surface area (TPSA) is 15.3 Å². The van der Waals surface area contributed by atoms with E-state index in [4.69, 9.17) is 0 Å². The van der Waals surface area contributed by atoms with Crippen LogP contribution in [0.5, 0.6) is 0 Å². The summed E-state index contributed by atoms with van der Waals surface area (Å²) in [5.41, 5.74) is 0.